The molecule has 0 radical (unpaired) electrons. The van der Waals surface area contributed by atoms with E-state index in [0.29, 0.717) is 5.56 Å². The first-order valence-electron chi connectivity index (χ1n) is 4.23. The van der Waals surface area contributed by atoms with Gasteiger partial charge in [-0.1, -0.05) is 6.07 Å². The highest BCUT2D eigenvalue weighted by Crippen LogP contribution is 2.27. The first-order valence-corrected chi connectivity index (χ1v) is 4.23. The molecular formula is C10H15NO2. The Morgan fingerprint density at radius 2 is 2.00 bits per heavy atom. The zero-order chi connectivity index (χ0) is 10.0. The van der Waals surface area contributed by atoms with E-state index in [0.717, 1.165) is 11.1 Å². The predicted molar refractivity (Wildman–Crippen MR) is 51.6 cm³/mol. The van der Waals surface area contributed by atoms with Gasteiger partial charge in [-0.15, -0.1) is 0 Å². The highest BCUT2D eigenvalue weighted by atomic mass is 16.3. The third kappa shape index (κ3) is 1.82. The summed E-state index contributed by atoms with van der Waals surface area (Å²) in [4.78, 5) is 0. The fourth-order valence-corrected chi connectivity index (χ4v) is 1.38. The monoisotopic (exact) mass is 181 g/mol. The van der Waals surface area contributed by atoms with Crippen molar-refractivity contribution in [3.63, 3.8) is 0 Å². The average molecular weight is 181 g/mol. The van der Waals surface area contributed by atoms with Gasteiger partial charge in [-0.2, -0.15) is 0 Å². The van der Waals surface area contributed by atoms with Gasteiger partial charge in [0.25, 0.3) is 0 Å². The molecule has 0 heterocycles. The quantitative estimate of drug-likeness (QED) is 0.637. The van der Waals surface area contributed by atoms with Crippen molar-refractivity contribution in [1.29, 1.82) is 0 Å². The van der Waals surface area contributed by atoms with Gasteiger partial charge in [-0.3, -0.25) is 0 Å². The Labute approximate surface area is 77.8 Å². The lowest BCUT2D eigenvalue weighted by atomic mass is 9.97. The molecule has 13 heavy (non-hydrogen) atoms. The molecule has 3 heteroatoms. The number of hydrogen-bond donors (Lipinski definition) is 3. The number of aryl methyl sites for hydroxylation is 1. The van der Waals surface area contributed by atoms with E-state index in [1.807, 2.05) is 19.9 Å². The molecule has 4 N–H and O–H groups in total. The second-order valence-electron chi connectivity index (χ2n) is 3.23. The number of hydrogen-bond acceptors (Lipinski definition) is 3. The molecule has 0 bridgehead atoms. The minimum atomic E-state index is -0.500. The molecular weight excluding hydrogens is 166 g/mol. The molecule has 1 aromatic carbocycles. The molecule has 1 atom stereocenters. The Kier molecular flexibility index (Phi) is 2.90. The first-order chi connectivity index (χ1) is 6.07. The van der Waals surface area contributed by atoms with Crippen molar-refractivity contribution in [2.24, 2.45) is 5.73 Å². The van der Waals surface area contributed by atoms with E-state index in [2.05, 4.69) is 0 Å². The number of aliphatic hydroxyl groups is 1. The highest BCUT2D eigenvalue weighted by Gasteiger charge is 2.13. The summed E-state index contributed by atoms with van der Waals surface area (Å²) in [6.45, 7) is 3.68. The summed E-state index contributed by atoms with van der Waals surface area (Å²) >= 11 is 0. The van der Waals surface area contributed by atoms with E-state index < -0.39 is 6.04 Å². The summed E-state index contributed by atoms with van der Waals surface area (Å²) < 4.78 is 0. The normalized spacial score (nSPS) is 12.9. The third-order valence-corrected chi connectivity index (χ3v) is 2.33. The van der Waals surface area contributed by atoms with Gasteiger partial charge in [0.1, 0.15) is 5.75 Å². The van der Waals surface area contributed by atoms with Crippen molar-refractivity contribution in [1.82, 2.24) is 0 Å². The maximum Gasteiger partial charge on any atom is 0.120 e. The fourth-order valence-electron chi connectivity index (χ4n) is 1.38. The number of benzene rings is 1. The maximum absolute atomic E-state index is 9.53. The van der Waals surface area contributed by atoms with Crippen LogP contribution in [0.15, 0.2) is 12.1 Å². The largest absolute Gasteiger partial charge is 0.508 e. The smallest absolute Gasteiger partial charge is 0.120 e. The van der Waals surface area contributed by atoms with Crippen LogP contribution in [0.25, 0.3) is 0 Å². The molecule has 0 amide bonds. The van der Waals surface area contributed by atoms with Crippen LogP contribution >= 0.6 is 0 Å². The zero-order valence-corrected chi connectivity index (χ0v) is 7.91. The van der Waals surface area contributed by atoms with Crippen LogP contribution in [-0.4, -0.2) is 16.8 Å². The standard InChI is InChI=1S/C10H15NO2/c1-6-3-4-9(13)10(7(6)2)8(11)5-12/h3-4,8,12-13H,5,11H2,1-2H3. The summed E-state index contributed by atoms with van der Waals surface area (Å²) in [5, 5.41) is 18.4. The van der Waals surface area contributed by atoms with E-state index in [4.69, 9.17) is 10.8 Å². The molecule has 1 aromatic rings. The fraction of sp³-hybridized carbons (Fsp3) is 0.400. The summed E-state index contributed by atoms with van der Waals surface area (Å²) in [5.74, 6) is 0.157. The molecule has 0 aliphatic heterocycles. The van der Waals surface area contributed by atoms with Crippen LogP contribution in [-0.2, 0) is 0 Å². The predicted octanol–water partition coefficient (Wildman–Crippen LogP) is 1.00. The summed E-state index contributed by atoms with van der Waals surface area (Å²) in [7, 11) is 0. The molecule has 0 saturated carbocycles. The van der Waals surface area contributed by atoms with Crippen LogP contribution in [0.3, 0.4) is 0 Å². The van der Waals surface area contributed by atoms with Gasteiger partial charge in [0.2, 0.25) is 0 Å². The Morgan fingerprint density at radius 1 is 1.38 bits per heavy atom. The van der Waals surface area contributed by atoms with E-state index in [1.165, 1.54) is 0 Å². The van der Waals surface area contributed by atoms with Crippen molar-refractivity contribution >= 4 is 0 Å². The van der Waals surface area contributed by atoms with E-state index in [-0.39, 0.29) is 12.4 Å². The van der Waals surface area contributed by atoms with Crippen LogP contribution in [0.4, 0.5) is 0 Å². The molecule has 1 unspecified atom stereocenters. The Morgan fingerprint density at radius 3 is 2.54 bits per heavy atom. The molecule has 0 fully saturated rings. The molecule has 72 valence electrons. The third-order valence-electron chi connectivity index (χ3n) is 2.33. The van der Waals surface area contributed by atoms with Gasteiger partial charge in [-0.25, -0.2) is 0 Å². The number of phenolic OH excluding ortho intramolecular Hbond substituents is 1. The maximum atomic E-state index is 9.53. The van der Waals surface area contributed by atoms with Crippen LogP contribution in [0, 0.1) is 13.8 Å². The average Bonchev–Trinajstić information content (AvgIpc) is 2.12. The molecule has 0 aliphatic rings. The van der Waals surface area contributed by atoms with Crippen LogP contribution in [0.5, 0.6) is 5.75 Å². The summed E-state index contributed by atoms with van der Waals surface area (Å²) in [6, 6.07) is 2.94. The van der Waals surface area contributed by atoms with Gasteiger partial charge >= 0.3 is 0 Å². The lowest BCUT2D eigenvalue weighted by molar-refractivity contribution is 0.265. The zero-order valence-electron chi connectivity index (χ0n) is 7.91. The molecule has 0 aromatic heterocycles. The lowest BCUT2D eigenvalue weighted by Gasteiger charge is -2.15. The topological polar surface area (TPSA) is 66.5 Å². The van der Waals surface area contributed by atoms with E-state index >= 15 is 0 Å². The number of nitrogens with two attached hydrogens (primary N) is 1. The molecule has 0 saturated heterocycles. The number of aromatic hydroxyl groups is 1. The minimum absolute atomic E-state index is 0.155. The van der Waals surface area contributed by atoms with E-state index in [1.54, 1.807) is 6.07 Å². The van der Waals surface area contributed by atoms with Crippen molar-refractivity contribution in [2.75, 3.05) is 6.61 Å². The molecule has 3 nitrogen and oxygen atoms in total. The van der Waals surface area contributed by atoms with Gasteiger partial charge in [-0.05, 0) is 31.0 Å². The summed E-state index contributed by atoms with van der Waals surface area (Å²) in [5.41, 5.74) is 8.31. The second kappa shape index (κ2) is 3.77. The minimum Gasteiger partial charge on any atom is -0.508 e. The van der Waals surface area contributed by atoms with Gasteiger partial charge in [0.15, 0.2) is 0 Å². The Balaban J connectivity index is 3.25. The van der Waals surface area contributed by atoms with Crippen molar-refractivity contribution in [3.05, 3.63) is 28.8 Å². The SMILES string of the molecule is Cc1ccc(O)c(C(N)CO)c1C. The number of phenols is 1. The van der Waals surface area contributed by atoms with Crippen LogP contribution in [0.1, 0.15) is 22.7 Å². The Bertz CT molecular complexity index is 310. The second-order valence-corrected chi connectivity index (χ2v) is 3.23. The van der Waals surface area contributed by atoms with Gasteiger partial charge < -0.3 is 15.9 Å². The summed E-state index contributed by atoms with van der Waals surface area (Å²) in [6.07, 6.45) is 0. The van der Waals surface area contributed by atoms with Crippen molar-refractivity contribution in [2.45, 2.75) is 19.9 Å². The highest BCUT2D eigenvalue weighted by molar-refractivity contribution is 5.45. The molecule has 0 aliphatic carbocycles. The van der Waals surface area contributed by atoms with Crippen LogP contribution < -0.4 is 5.73 Å². The molecule has 1 rings (SSSR count). The van der Waals surface area contributed by atoms with Gasteiger partial charge in [0, 0.05) is 5.56 Å². The lowest BCUT2D eigenvalue weighted by Crippen LogP contribution is -2.16. The van der Waals surface area contributed by atoms with Crippen molar-refractivity contribution in [3.8, 4) is 5.75 Å². The Hall–Kier alpha value is -1.06. The van der Waals surface area contributed by atoms with Gasteiger partial charge in [0.05, 0.1) is 12.6 Å². The van der Waals surface area contributed by atoms with Crippen LogP contribution in [0.2, 0.25) is 0 Å². The first kappa shape index (κ1) is 10.0. The number of rotatable bonds is 2. The van der Waals surface area contributed by atoms with Crippen molar-refractivity contribution < 1.29 is 10.2 Å². The molecule has 0 spiro atoms. The van der Waals surface area contributed by atoms with E-state index in [9.17, 15) is 5.11 Å². The number of aliphatic hydroxyl groups excluding tert-OH is 1.